The summed E-state index contributed by atoms with van der Waals surface area (Å²) in [4.78, 5) is 13.5. The van der Waals surface area contributed by atoms with Gasteiger partial charge < -0.3 is 21.1 Å². The van der Waals surface area contributed by atoms with E-state index in [9.17, 15) is 4.79 Å². The van der Waals surface area contributed by atoms with E-state index in [2.05, 4.69) is 11.9 Å². The number of nitrogens with two attached hydrogens (primary N) is 2. The maximum atomic E-state index is 11.2. The summed E-state index contributed by atoms with van der Waals surface area (Å²) in [6.45, 7) is 1.76. The molecule has 0 radical (unpaired) electrons. The van der Waals surface area contributed by atoms with Crippen molar-refractivity contribution in [3.63, 3.8) is 0 Å². The minimum absolute atomic E-state index is 0.315. The minimum atomic E-state index is -0.529. The van der Waals surface area contributed by atoms with E-state index < -0.39 is 5.91 Å². The predicted octanol–water partition coefficient (Wildman–Crippen LogP) is 1.23. The molecular formula is C14H21N3O2. The Morgan fingerprint density at radius 3 is 2.95 bits per heavy atom. The number of hydrogen-bond donors (Lipinski definition) is 2. The lowest BCUT2D eigenvalue weighted by Gasteiger charge is -2.19. The van der Waals surface area contributed by atoms with Gasteiger partial charge in [-0.1, -0.05) is 6.07 Å². The fraction of sp³-hybridized carbons (Fsp3) is 0.500. The van der Waals surface area contributed by atoms with Crippen LogP contribution in [0.2, 0.25) is 0 Å². The van der Waals surface area contributed by atoms with Crippen LogP contribution in [0.15, 0.2) is 18.2 Å². The SMILES string of the molecule is CN1CCCC1CCOc1cccc(C(N)=O)c1N. The first-order valence-corrected chi connectivity index (χ1v) is 6.61. The molecular weight excluding hydrogens is 242 g/mol. The Morgan fingerprint density at radius 2 is 2.32 bits per heavy atom. The van der Waals surface area contributed by atoms with Gasteiger partial charge in [0, 0.05) is 6.04 Å². The molecule has 1 unspecified atom stereocenters. The molecule has 0 saturated carbocycles. The van der Waals surface area contributed by atoms with Crippen molar-refractivity contribution in [3.8, 4) is 5.75 Å². The quantitative estimate of drug-likeness (QED) is 0.783. The van der Waals surface area contributed by atoms with Crippen LogP contribution in [0, 0.1) is 0 Å². The van der Waals surface area contributed by atoms with Crippen LogP contribution in [0.25, 0.3) is 0 Å². The highest BCUT2D eigenvalue weighted by Crippen LogP contribution is 2.25. The molecule has 1 aliphatic rings. The highest BCUT2D eigenvalue weighted by atomic mass is 16.5. The maximum Gasteiger partial charge on any atom is 0.250 e. The Bertz CT molecular complexity index is 462. The molecule has 4 N–H and O–H groups in total. The second kappa shape index (κ2) is 5.93. The third kappa shape index (κ3) is 3.17. The van der Waals surface area contributed by atoms with Crippen molar-refractivity contribution < 1.29 is 9.53 Å². The van der Waals surface area contributed by atoms with Gasteiger partial charge >= 0.3 is 0 Å². The molecule has 0 spiro atoms. The Kier molecular flexibility index (Phi) is 4.27. The minimum Gasteiger partial charge on any atom is -0.491 e. The van der Waals surface area contributed by atoms with Gasteiger partial charge in [0.25, 0.3) is 5.91 Å². The zero-order valence-corrected chi connectivity index (χ0v) is 11.3. The van der Waals surface area contributed by atoms with Crippen LogP contribution in [-0.2, 0) is 0 Å². The van der Waals surface area contributed by atoms with Crippen LogP contribution in [-0.4, -0.2) is 37.0 Å². The summed E-state index contributed by atoms with van der Waals surface area (Å²) in [7, 11) is 2.14. The van der Waals surface area contributed by atoms with Gasteiger partial charge in [-0.15, -0.1) is 0 Å². The molecule has 1 saturated heterocycles. The number of nitrogen functional groups attached to an aromatic ring is 1. The number of carbonyl (C=O) groups is 1. The van der Waals surface area contributed by atoms with E-state index in [4.69, 9.17) is 16.2 Å². The number of carbonyl (C=O) groups excluding carboxylic acids is 1. The van der Waals surface area contributed by atoms with Gasteiger partial charge in [-0.3, -0.25) is 4.79 Å². The molecule has 1 atom stereocenters. The number of anilines is 1. The number of rotatable bonds is 5. The van der Waals surface area contributed by atoms with Crippen LogP contribution < -0.4 is 16.2 Å². The summed E-state index contributed by atoms with van der Waals surface area (Å²) in [5.74, 6) is 0.00965. The fourth-order valence-corrected chi connectivity index (χ4v) is 2.53. The molecule has 5 heteroatoms. The van der Waals surface area contributed by atoms with Crippen LogP contribution >= 0.6 is 0 Å². The lowest BCUT2D eigenvalue weighted by atomic mass is 10.1. The monoisotopic (exact) mass is 263 g/mol. The summed E-state index contributed by atoms with van der Waals surface area (Å²) in [6.07, 6.45) is 3.44. The van der Waals surface area contributed by atoms with E-state index >= 15 is 0 Å². The molecule has 0 aliphatic carbocycles. The third-order valence-electron chi connectivity index (χ3n) is 3.71. The van der Waals surface area contributed by atoms with Gasteiger partial charge in [0.15, 0.2) is 0 Å². The summed E-state index contributed by atoms with van der Waals surface area (Å²) < 4.78 is 5.68. The second-order valence-corrected chi connectivity index (χ2v) is 5.00. The predicted molar refractivity (Wildman–Crippen MR) is 75.1 cm³/mol. The first kappa shape index (κ1) is 13.7. The zero-order valence-electron chi connectivity index (χ0n) is 11.3. The van der Waals surface area contributed by atoms with Crippen LogP contribution in [0.4, 0.5) is 5.69 Å². The number of likely N-dealkylation sites (tertiary alicyclic amines) is 1. The fourth-order valence-electron chi connectivity index (χ4n) is 2.53. The average Bonchev–Trinajstić information content (AvgIpc) is 2.77. The van der Waals surface area contributed by atoms with Crippen molar-refractivity contribution in [1.29, 1.82) is 0 Å². The molecule has 0 aromatic heterocycles. The molecule has 104 valence electrons. The normalized spacial score (nSPS) is 19.5. The molecule has 0 bridgehead atoms. The highest BCUT2D eigenvalue weighted by Gasteiger charge is 2.20. The Labute approximate surface area is 113 Å². The molecule has 19 heavy (non-hydrogen) atoms. The molecule has 1 aromatic carbocycles. The van der Waals surface area contributed by atoms with E-state index in [-0.39, 0.29) is 0 Å². The van der Waals surface area contributed by atoms with Gasteiger partial charge in [-0.2, -0.15) is 0 Å². The number of para-hydroxylation sites is 1. The van der Waals surface area contributed by atoms with Gasteiger partial charge in [0.1, 0.15) is 5.75 Å². The standard InChI is InChI=1S/C14H21N3O2/c1-17-8-3-4-10(17)7-9-19-12-6-2-5-11(13(12)15)14(16)18/h2,5-6,10H,3-4,7-9,15H2,1H3,(H2,16,18). The summed E-state index contributed by atoms with van der Waals surface area (Å²) in [5.41, 5.74) is 11.8. The van der Waals surface area contributed by atoms with E-state index in [0.717, 1.165) is 13.0 Å². The summed E-state index contributed by atoms with van der Waals surface area (Å²) >= 11 is 0. The molecule has 1 fully saturated rings. The average molecular weight is 263 g/mol. The van der Waals surface area contributed by atoms with Crippen LogP contribution in [0.3, 0.4) is 0 Å². The van der Waals surface area contributed by atoms with Crippen molar-refractivity contribution in [3.05, 3.63) is 23.8 Å². The van der Waals surface area contributed by atoms with Crippen molar-refractivity contribution in [2.45, 2.75) is 25.3 Å². The van der Waals surface area contributed by atoms with E-state index in [1.165, 1.54) is 12.8 Å². The van der Waals surface area contributed by atoms with Gasteiger partial charge in [-0.25, -0.2) is 0 Å². The van der Waals surface area contributed by atoms with E-state index in [1.54, 1.807) is 18.2 Å². The molecule has 1 aromatic rings. The number of hydrogen-bond acceptors (Lipinski definition) is 4. The number of amides is 1. The third-order valence-corrected chi connectivity index (χ3v) is 3.71. The van der Waals surface area contributed by atoms with E-state index in [1.807, 2.05) is 0 Å². The maximum absolute atomic E-state index is 11.2. The Balaban J connectivity index is 1.92. The summed E-state index contributed by atoms with van der Waals surface area (Å²) in [5, 5.41) is 0. The topological polar surface area (TPSA) is 81.6 Å². The largest absolute Gasteiger partial charge is 0.491 e. The lowest BCUT2D eigenvalue weighted by Crippen LogP contribution is -2.26. The Morgan fingerprint density at radius 1 is 1.53 bits per heavy atom. The van der Waals surface area contributed by atoms with Crippen molar-refractivity contribution in [1.82, 2.24) is 4.90 Å². The number of primary amides is 1. The molecule has 5 nitrogen and oxygen atoms in total. The zero-order chi connectivity index (χ0) is 13.8. The van der Waals surface area contributed by atoms with Gasteiger partial charge in [0.2, 0.25) is 0 Å². The van der Waals surface area contributed by atoms with Crippen molar-refractivity contribution in [2.75, 3.05) is 25.9 Å². The summed E-state index contributed by atoms with van der Waals surface area (Å²) in [6, 6.07) is 5.68. The molecule has 1 amide bonds. The molecule has 2 rings (SSSR count). The van der Waals surface area contributed by atoms with Crippen molar-refractivity contribution in [2.24, 2.45) is 5.73 Å². The van der Waals surface area contributed by atoms with Gasteiger partial charge in [-0.05, 0) is 45.0 Å². The smallest absolute Gasteiger partial charge is 0.250 e. The number of benzene rings is 1. The first-order chi connectivity index (χ1) is 9.09. The molecule has 1 aliphatic heterocycles. The Hall–Kier alpha value is -1.75. The van der Waals surface area contributed by atoms with E-state index in [0.29, 0.717) is 29.6 Å². The highest BCUT2D eigenvalue weighted by molar-refractivity contribution is 5.99. The molecule has 1 heterocycles. The number of ether oxygens (including phenoxy) is 1. The first-order valence-electron chi connectivity index (χ1n) is 6.61. The lowest BCUT2D eigenvalue weighted by molar-refractivity contribution is 0.100. The van der Waals surface area contributed by atoms with Gasteiger partial charge in [0.05, 0.1) is 17.9 Å². The number of nitrogens with zero attached hydrogens (tertiary/aromatic N) is 1. The van der Waals surface area contributed by atoms with Crippen LogP contribution in [0.5, 0.6) is 5.75 Å². The van der Waals surface area contributed by atoms with Crippen molar-refractivity contribution >= 4 is 11.6 Å². The second-order valence-electron chi connectivity index (χ2n) is 5.00. The van der Waals surface area contributed by atoms with Crippen LogP contribution in [0.1, 0.15) is 29.6 Å².